The van der Waals surface area contributed by atoms with Gasteiger partial charge in [0.15, 0.2) is 0 Å². The highest BCUT2D eigenvalue weighted by Gasteiger charge is 2.28. The molecule has 0 saturated heterocycles. The van der Waals surface area contributed by atoms with Crippen molar-refractivity contribution in [2.24, 2.45) is 11.8 Å². The maximum Gasteiger partial charge on any atom is 0.261 e. The summed E-state index contributed by atoms with van der Waals surface area (Å²) in [5.74, 6) is 1.27. The Morgan fingerprint density at radius 2 is 2.00 bits per heavy atom. The number of pyridine rings is 1. The first-order valence-corrected chi connectivity index (χ1v) is 9.95. The zero-order valence-corrected chi connectivity index (χ0v) is 15.8. The second-order valence-corrected chi connectivity index (χ2v) is 8.57. The molecule has 1 aliphatic rings. The lowest BCUT2D eigenvalue weighted by Crippen LogP contribution is -2.43. The first-order valence-electron chi connectivity index (χ1n) is 9.13. The maximum atomic E-state index is 12.8. The van der Waals surface area contributed by atoms with E-state index in [4.69, 9.17) is 4.98 Å². The molecule has 3 nitrogen and oxygen atoms in total. The van der Waals surface area contributed by atoms with Gasteiger partial charge < -0.3 is 5.32 Å². The molecule has 1 N–H and O–H groups in total. The summed E-state index contributed by atoms with van der Waals surface area (Å²) in [7, 11) is 0. The third kappa shape index (κ3) is 3.15. The van der Waals surface area contributed by atoms with Crippen molar-refractivity contribution in [2.45, 2.75) is 46.1 Å². The van der Waals surface area contributed by atoms with Gasteiger partial charge in [0.25, 0.3) is 5.91 Å². The van der Waals surface area contributed by atoms with Gasteiger partial charge in [-0.2, -0.15) is 0 Å². The average molecular weight is 353 g/mol. The number of rotatable bonds is 2. The molecule has 2 aromatic heterocycles. The Bertz CT molecular complexity index is 946. The summed E-state index contributed by atoms with van der Waals surface area (Å²) in [6.07, 6.45) is 3.56. The van der Waals surface area contributed by atoms with E-state index in [1.807, 2.05) is 6.07 Å². The topological polar surface area (TPSA) is 42.0 Å². The Kier molecular flexibility index (Phi) is 4.24. The van der Waals surface area contributed by atoms with E-state index in [0.717, 1.165) is 32.4 Å². The van der Waals surface area contributed by atoms with Crippen LogP contribution >= 0.6 is 11.3 Å². The summed E-state index contributed by atoms with van der Waals surface area (Å²) in [5.41, 5.74) is 2.20. The molecular weight excluding hydrogens is 328 g/mol. The second kappa shape index (κ2) is 6.41. The lowest BCUT2D eigenvalue weighted by molar-refractivity contribution is 0.0895. The maximum absolute atomic E-state index is 12.8. The molecule has 0 bridgehead atoms. The molecule has 4 rings (SSSR count). The minimum atomic E-state index is 0.0502. The number of hydrogen-bond donors (Lipinski definition) is 1. The van der Waals surface area contributed by atoms with E-state index in [1.54, 1.807) is 0 Å². The van der Waals surface area contributed by atoms with Crippen LogP contribution in [0.25, 0.3) is 21.1 Å². The summed E-state index contributed by atoms with van der Waals surface area (Å²) in [6.45, 7) is 6.63. The largest absolute Gasteiger partial charge is 0.348 e. The van der Waals surface area contributed by atoms with Crippen molar-refractivity contribution in [1.29, 1.82) is 0 Å². The standard InChI is InChI=1S/C21H24N2OS/c1-12-7-8-15-10-16-11-19(25-21(16)23-18(15)9-12)20(24)22-17-6-4-5-13(2)14(17)3/h7-11,13-14,17H,4-6H2,1-3H3,(H,22,24)/t13-,14+,17+/m0/s1. The fourth-order valence-corrected chi connectivity index (χ4v) is 4.80. The SMILES string of the molecule is Cc1ccc2cc3cc(C(=O)N[C@@H]4CCC[C@H](C)[C@H]4C)sc3nc2c1. The molecule has 3 atom stereocenters. The number of benzene rings is 1. The van der Waals surface area contributed by atoms with Crippen LogP contribution in [0.5, 0.6) is 0 Å². The van der Waals surface area contributed by atoms with E-state index in [9.17, 15) is 4.79 Å². The number of carbonyl (C=O) groups excluding carboxylic acids is 1. The van der Waals surface area contributed by atoms with Gasteiger partial charge in [-0.1, -0.05) is 38.8 Å². The van der Waals surface area contributed by atoms with Crippen LogP contribution in [0.15, 0.2) is 30.3 Å². The minimum absolute atomic E-state index is 0.0502. The lowest BCUT2D eigenvalue weighted by Gasteiger charge is -2.34. The number of hydrogen-bond acceptors (Lipinski definition) is 3. The highest BCUT2D eigenvalue weighted by atomic mass is 32.1. The van der Waals surface area contributed by atoms with Crippen LogP contribution in [0.1, 0.15) is 48.3 Å². The molecule has 1 fully saturated rings. The van der Waals surface area contributed by atoms with E-state index >= 15 is 0 Å². The Labute approximate surface area is 152 Å². The molecule has 130 valence electrons. The molecule has 1 amide bonds. The van der Waals surface area contributed by atoms with Gasteiger partial charge in [-0.25, -0.2) is 4.98 Å². The monoisotopic (exact) mass is 352 g/mol. The average Bonchev–Trinajstić information content (AvgIpc) is 3.00. The van der Waals surface area contributed by atoms with Crippen LogP contribution in [-0.2, 0) is 0 Å². The number of fused-ring (bicyclic) bond motifs is 2. The summed E-state index contributed by atoms with van der Waals surface area (Å²) < 4.78 is 0. The van der Waals surface area contributed by atoms with Gasteiger partial charge in [-0.05, 0) is 48.9 Å². The number of aryl methyl sites for hydroxylation is 1. The lowest BCUT2D eigenvalue weighted by atomic mass is 9.78. The van der Waals surface area contributed by atoms with Crippen molar-refractivity contribution in [3.63, 3.8) is 0 Å². The van der Waals surface area contributed by atoms with Gasteiger partial charge in [0, 0.05) is 16.8 Å². The van der Waals surface area contributed by atoms with Crippen LogP contribution < -0.4 is 5.32 Å². The zero-order chi connectivity index (χ0) is 17.6. The van der Waals surface area contributed by atoms with Gasteiger partial charge >= 0.3 is 0 Å². The van der Waals surface area contributed by atoms with Gasteiger partial charge in [0.05, 0.1) is 10.4 Å². The first-order chi connectivity index (χ1) is 12.0. The third-order valence-electron chi connectivity index (χ3n) is 5.71. The molecular formula is C21H24N2OS. The molecule has 25 heavy (non-hydrogen) atoms. The molecule has 3 aromatic rings. The number of thiophene rings is 1. The van der Waals surface area contributed by atoms with Gasteiger partial charge in [0.1, 0.15) is 4.83 Å². The van der Waals surface area contributed by atoms with Crippen molar-refractivity contribution in [1.82, 2.24) is 10.3 Å². The highest BCUT2D eigenvalue weighted by molar-refractivity contribution is 7.20. The van der Waals surface area contributed by atoms with Crippen molar-refractivity contribution in [3.8, 4) is 0 Å². The van der Waals surface area contributed by atoms with Gasteiger partial charge in [0.2, 0.25) is 0 Å². The van der Waals surface area contributed by atoms with Crippen molar-refractivity contribution in [2.75, 3.05) is 0 Å². The predicted octanol–water partition coefficient (Wildman–Crippen LogP) is 5.31. The van der Waals surface area contributed by atoms with Crippen LogP contribution in [-0.4, -0.2) is 16.9 Å². The molecule has 1 saturated carbocycles. The van der Waals surface area contributed by atoms with Crippen LogP contribution in [0, 0.1) is 18.8 Å². The van der Waals surface area contributed by atoms with Crippen molar-refractivity contribution < 1.29 is 4.79 Å². The fraction of sp³-hybridized carbons (Fsp3) is 0.429. The second-order valence-electron chi connectivity index (χ2n) is 7.54. The molecule has 2 heterocycles. The summed E-state index contributed by atoms with van der Waals surface area (Å²) in [5, 5.41) is 5.45. The number of nitrogens with zero attached hydrogens (tertiary/aromatic N) is 1. The smallest absolute Gasteiger partial charge is 0.261 e. The van der Waals surface area contributed by atoms with E-state index in [-0.39, 0.29) is 11.9 Å². The Morgan fingerprint density at radius 1 is 1.16 bits per heavy atom. The minimum Gasteiger partial charge on any atom is -0.348 e. The predicted molar refractivity (Wildman–Crippen MR) is 105 cm³/mol. The normalized spacial score (nSPS) is 23.9. The van der Waals surface area contributed by atoms with Crippen molar-refractivity contribution >= 4 is 38.4 Å². The molecule has 0 unspecified atom stereocenters. The van der Waals surface area contributed by atoms with Crippen LogP contribution in [0.4, 0.5) is 0 Å². The van der Waals surface area contributed by atoms with Gasteiger partial charge in [-0.3, -0.25) is 4.79 Å². The van der Waals surface area contributed by atoms with Crippen molar-refractivity contribution in [3.05, 3.63) is 40.8 Å². The molecule has 1 aromatic carbocycles. The Morgan fingerprint density at radius 3 is 2.84 bits per heavy atom. The summed E-state index contributed by atoms with van der Waals surface area (Å²) in [6, 6.07) is 10.7. The van der Waals surface area contributed by atoms with E-state index < -0.39 is 0 Å². The van der Waals surface area contributed by atoms with Crippen LogP contribution in [0.2, 0.25) is 0 Å². The molecule has 0 aliphatic heterocycles. The Balaban J connectivity index is 1.62. The molecule has 4 heteroatoms. The highest BCUT2D eigenvalue weighted by Crippen LogP contribution is 2.31. The first kappa shape index (κ1) is 16.5. The fourth-order valence-electron chi connectivity index (χ4n) is 3.87. The molecule has 0 spiro atoms. The number of nitrogens with one attached hydrogen (secondary N) is 1. The quantitative estimate of drug-likeness (QED) is 0.679. The Hall–Kier alpha value is -1.94. The molecule has 0 radical (unpaired) electrons. The summed E-state index contributed by atoms with van der Waals surface area (Å²) in [4.78, 5) is 19.2. The third-order valence-corrected chi connectivity index (χ3v) is 6.75. The summed E-state index contributed by atoms with van der Waals surface area (Å²) >= 11 is 1.49. The van der Waals surface area contributed by atoms with E-state index in [0.29, 0.717) is 11.8 Å². The van der Waals surface area contributed by atoms with E-state index in [2.05, 4.69) is 50.4 Å². The van der Waals surface area contributed by atoms with Crippen LogP contribution in [0.3, 0.4) is 0 Å². The van der Waals surface area contributed by atoms with E-state index in [1.165, 1.54) is 29.7 Å². The van der Waals surface area contributed by atoms with Gasteiger partial charge in [-0.15, -0.1) is 11.3 Å². The number of aromatic nitrogens is 1. The number of carbonyl (C=O) groups is 1. The number of amides is 1. The molecule has 1 aliphatic carbocycles. The zero-order valence-electron chi connectivity index (χ0n) is 15.0.